The Morgan fingerprint density at radius 1 is 1.00 bits per heavy atom. The molecule has 0 aromatic rings. The molecule has 0 amide bonds. The van der Waals surface area contributed by atoms with Crippen molar-refractivity contribution in [2.45, 2.75) is 70.9 Å². The van der Waals surface area contributed by atoms with Crippen LogP contribution < -0.4 is 5.32 Å². The average molecular weight is 293 g/mol. The lowest BCUT2D eigenvalue weighted by Gasteiger charge is -2.44. The van der Waals surface area contributed by atoms with Crippen LogP contribution in [0.1, 0.15) is 58.8 Å². The van der Waals surface area contributed by atoms with Gasteiger partial charge in [0.2, 0.25) is 0 Å². The molecule has 0 aromatic heterocycles. The normalized spacial score (nSPS) is 28.1. The van der Waals surface area contributed by atoms with Crippen molar-refractivity contribution in [2.24, 2.45) is 5.41 Å². The van der Waals surface area contributed by atoms with Crippen LogP contribution >= 0.6 is 0 Å². The molecule has 1 heterocycles. The highest BCUT2D eigenvalue weighted by Crippen LogP contribution is 2.37. The number of hydrogen-bond acceptors (Lipinski definition) is 3. The van der Waals surface area contributed by atoms with Gasteiger partial charge in [-0.3, -0.25) is 4.90 Å². The molecule has 3 nitrogen and oxygen atoms in total. The van der Waals surface area contributed by atoms with E-state index in [-0.39, 0.29) is 0 Å². The number of piperazine rings is 1. The predicted octanol–water partition coefficient (Wildman–Crippen LogP) is 2.71. The van der Waals surface area contributed by atoms with E-state index in [1.807, 2.05) is 0 Å². The van der Waals surface area contributed by atoms with E-state index in [1.54, 1.807) is 0 Å². The number of hydrogen-bond donors (Lipinski definition) is 1. The van der Waals surface area contributed by atoms with Crippen LogP contribution in [0.25, 0.3) is 0 Å². The van der Waals surface area contributed by atoms with Crippen molar-refractivity contribution in [3.05, 3.63) is 0 Å². The van der Waals surface area contributed by atoms with Gasteiger partial charge in [-0.25, -0.2) is 0 Å². The molecule has 3 fully saturated rings. The number of nitrogens with one attached hydrogen (secondary N) is 1. The standard InChI is InChI=1S/C18H35N3/c1-16(2)19-14-18(8-4-3-5-9-18)15-20-10-12-21(13-11-20)17-6-7-17/h16-17,19H,3-15H2,1-2H3. The molecule has 1 aliphatic heterocycles. The summed E-state index contributed by atoms with van der Waals surface area (Å²) in [5.41, 5.74) is 0.560. The first-order valence-corrected chi connectivity index (χ1v) is 9.37. The number of nitrogens with zero attached hydrogens (tertiary/aromatic N) is 2. The molecule has 21 heavy (non-hydrogen) atoms. The van der Waals surface area contributed by atoms with Gasteiger partial charge in [0, 0.05) is 51.4 Å². The molecule has 3 heteroatoms. The fourth-order valence-electron chi connectivity index (χ4n) is 4.31. The second kappa shape index (κ2) is 6.97. The van der Waals surface area contributed by atoms with E-state index in [9.17, 15) is 0 Å². The molecule has 0 aromatic carbocycles. The lowest BCUT2D eigenvalue weighted by molar-refractivity contribution is 0.0584. The van der Waals surface area contributed by atoms with Crippen molar-refractivity contribution in [1.29, 1.82) is 0 Å². The fourth-order valence-corrected chi connectivity index (χ4v) is 4.31. The van der Waals surface area contributed by atoms with Gasteiger partial charge in [0.25, 0.3) is 0 Å². The molecule has 2 saturated carbocycles. The molecule has 0 unspecified atom stereocenters. The van der Waals surface area contributed by atoms with Crippen LogP contribution in [0, 0.1) is 5.41 Å². The third kappa shape index (κ3) is 4.43. The molecule has 1 saturated heterocycles. The summed E-state index contributed by atoms with van der Waals surface area (Å²) < 4.78 is 0. The largest absolute Gasteiger partial charge is 0.314 e. The van der Waals surface area contributed by atoms with Crippen molar-refractivity contribution < 1.29 is 0 Å². The smallest absolute Gasteiger partial charge is 0.0113 e. The fraction of sp³-hybridized carbons (Fsp3) is 1.00. The molecule has 0 spiro atoms. The Balaban J connectivity index is 1.51. The van der Waals surface area contributed by atoms with Gasteiger partial charge in [0.05, 0.1) is 0 Å². The summed E-state index contributed by atoms with van der Waals surface area (Å²) >= 11 is 0. The summed E-state index contributed by atoms with van der Waals surface area (Å²) in [5.74, 6) is 0. The van der Waals surface area contributed by atoms with Gasteiger partial charge >= 0.3 is 0 Å². The van der Waals surface area contributed by atoms with Gasteiger partial charge in [-0.05, 0) is 31.1 Å². The van der Waals surface area contributed by atoms with Crippen molar-refractivity contribution in [3.63, 3.8) is 0 Å². The molecular formula is C18H35N3. The Morgan fingerprint density at radius 2 is 1.67 bits per heavy atom. The molecule has 3 rings (SSSR count). The molecule has 3 aliphatic rings. The van der Waals surface area contributed by atoms with Gasteiger partial charge in [-0.15, -0.1) is 0 Å². The maximum absolute atomic E-state index is 3.75. The first kappa shape index (κ1) is 15.8. The van der Waals surface area contributed by atoms with Crippen molar-refractivity contribution in [1.82, 2.24) is 15.1 Å². The zero-order chi connectivity index (χ0) is 14.7. The monoisotopic (exact) mass is 293 g/mol. The van der Waals surface area contributed by atoms with Crippen LogP contribution in [0.3, 0.4) is 0 Å². The van der Waals surface area contributed by atoms with Crippen LogP contribution in [0.4, 0.5) is 0 Å². The van der Waals surface area contributed by atoms with Crippen LogP contribution in [-0.2, 0) is 0 Å². The second-order valence-corrected chi connectivity index (χ2v) is 8.14. The maximum atomic E-state index is 3.75. The van der Waals surface area contributed by atoms with Crippen LogP contribution in [-0.4, -0.2) is 61.2 Å². The Kier molecular flexibility index (Phi) is 5.23. The summed E-state index contributed by atoms with van der Waals surface area (Å²) in [5, 5.41) is 3.75. The van der Waals surface area contributed by atoms with E-state index in [0.29, 0.717) is 11.5 Å². The predicted molar refractivity (Wildman–Crippen MR) is 89.7 cm³/mol. The van der Waals surface area contributed by atoms with Gasteiger partial charge < -0.3 is 10.2 Å². The Bertz CT molecular complexity index is 310. The Hall–Kier alpha value is -0.120. The molecular weight excluding hydrogens is 258 g/mol. The summed E-state index contributed by atoms with van der Waals surface area (Å²) in [6.45, 7) is 12.4. The Labute approximate surface area is 131 Å². The highest BCUT2D eigenvalue weighted by molar-refractivity contribution is 4.92. The summed E-state index contributed by atoms with van der Waals surface area (Å²) in [6, 6.07) is 1.58. The van der Waals surface area contributed by atoms with Gasteiger partial charge in [-0.2, -0.15) is 0 Å². The van der Waals surface area contributed by atoms with Crippen LogP contribution in [0.5, 0.6) is 0 Å². The molecule has 0 radical (unpaired) electrons. The first-order chi connectivity index (χ1) is 10.2. The zero-order valence-electron chi connectivity index (χ0n) is 14.2. The lowest BCUT2D eigenvalue weighted by Crippen LogP contribution is -2.53. The van der Waals surface area contributed by atoms with E-state index in [4.69, 9.17) is 0 Å². The highest BCUT2D eigenvalue weighted by atomic mass is 15.3. The zero-order valence-corrected chi connectivity index (χ0v) is 14.2. The maximum Gasteiger partial charge on any atom is 0.0113 e. The van der Waals surface area contributed by atoms with E-state index in [0.717, 1.165) is 6.04 Å². The molecule has 0 atom stereocenters. The van der Waals surface area contributed by atoms with Crippen molar-refractivity contribution in [2.75, 3.05) is 39.3 Å². The second-order valence-electron chi connectivity index (χ2n) is 8.14. The van der Waals surface area contributed by atoms with E-state index < -0.39 is 0 Å². The molecule has 1 N–H and O–H groups in total. The highest BCUT2D eigenvalue weighted by Gasteiger charge is 2.36. The minimum absolute atomic E-state index is 0.560. The Morgan fingerprint density at radius 3 is 2.24 bits per heavy atom. The first-order valence-electron chi connectivity index (χ1n) is 9.37. The summed E-state index contributed by atoms with van der Waals surface area (Å²) in [4.78, 5) is 5.50. The van der Waals surface area contributed by atoms with Crippen LogP contribution in [0.15, 0.2) is 0 Å². The third-order valence-corrected chi connectivity index (χ3v) is 5.83. The molecule has 2 aliphatic carbocycles. The lowest BCUT2D eigenvalue weighted by atomic mass is 9.73. The third-order valence-electron chi connectivity index (χ3n) is 5.83. The summed E-state index contributed by atoms with van der Waals surface area (Å²) in [6.07, 6.45) is 10.2. The summed E-state index contributed by atoms with van der Waals surface area (Å²) in [7, 11) is 0. The van der Waals surface area contributed by atoms with Gasteiger partial charge in [0.1, 0.15) is 0 Å². The SMILES string of the molecule is CC(C)NCC1(CN2CCN(C3CC3)CC2)CCCCC1. The van der Waals surface area contributed by atoms with Gasteiger partial charge in [0.15, 0.2) is 0 Å². The van der Waals surface area contributed by atoms with Crippen molar-refractivity contribution in [3.8, 4) is 0 Å². The minimum atomic E-state index is 0.560. The molecule has 0 bridgehead atoms. The van der Waals surface area contributed by atoms with E-state index in [1.165, 1.54) is 84.2 Å². The molecule has 122 valence electrons. The van der Waals surface area contributed by atoms with Crippen molar-refractivity contribution >= 4 is 0 Å². The topological polar surface area (TPSA) is 18.5 Å². The van der Waals surface area contributed by atoms with Crippen LogP contribution in [0.2, 0.25) is 0 Å². The number of rotatable bonds is 6. The van der Waals surface area contributed by atoms with Gasteiger partial charge in [-0.1, -0.05) is 33.1 Å². The average Bonchev–Trinajstić information content (AvgIpc) is 3.32. The van der Waals surface area contributed by atoms with E-state index >= 15 is 0 Å². The quantitative estimate of drug-likeness (QED) is 0.812. The minimum Gasteiger partial charge on any atom is -0.314 e. The van der Waals surface area contributed by atoms with E-state index in [2.05, 4.69) is 29.0 Å².